The Kier molecular flexibility index (Phi) is 3.24. The monoisotopic (exact) mass is 287 g/mol. The number of hydrogen-bond donors (Lipinski definition) is 2. The number of phenolic OH excluding ortho intramolecular Hbond substituents is 1. The Hall–Kier alpha value is -1.49. The summed E-state index contributed by atoms with van der Waals surface area (Å²) in [6.45, 7) is 3.85. The Morgan fingerprint density at radius 3 is 2.55 bits per heavy atom. The topological polar surface area (TPSA) is 47.7 Å². The van der Waals surface area contributed by atoms with Gasteiger partial charge >= 0.3 is 0 Å². The first-order chi connectivity index (χ1) is 9.54. The quantitative estimate of drug-likeness (QED) is 0.793. The summed E-state index contributed by atoms with van der Waals surface area (Å²) in [5.74, 6) is 0.183. The molecule has 1 aliphatic rings. The zero-order valence-corrected chi connectivity index (χ0v) is 12.3. The van der Waals surface area contributed by atoms with Crippen molar-refractivity contribution in [1.82, 2.24) is 0 Å². The standard InChI is InChI=1S/C16H17NO2S/c1-11-12-7-3-6-10-15(12)20-16(2,17(11)19)13-8-4-5-9-14(13)18/h3-11,17-18H,1-2H3. The molecule has 3 nitrogen and oxygen atoms in total. The molecule has 2 aromatic rings. The number of aromatic hydroxyl groups is 1. The molecule has 104 valence electrons. The molecule has 1 heterocycles. The average Bonchev–Trinajstić information content (AvgIpc) is 2.45. The second-order valence-corrected chi connectivity index (χ2v) is 6.74. The second kappa shape index (κ2) is 4.81. The van der Waals surface area contributed by atoms with E-state index in [0.29, 0.717) is 5.56 Å². The number of thioether (sulfide) groups is 1. The van der Waals surface area contributed by atoms with Crippen molar-refractivity contribution in [2.24, 2.45) is 0 Å². The summed E-state index contributed by atoms with van der Waals surface area (Å²) in [5, 5.41) is 23.1. The molecular formula is C16H17NO2S. The van der Waals surface area contributed by atoms with Crippen LogP contribution in [0.2, 0.25) is 0 Å². The SMILES string of the molecule is CC1c2ccccc2SC(C)(c2ccccc2O)[NH+]1[O-]. The summed E-state index contributed by atoms with van der Waals surface area (Å²) in [4.78, 5) is 0.379. The van der Waals surface area contributed by atoms with E-state index >= 15 is 0 Å². The largest absolute Gasteiger partial charge is 0.633 e. The van der Waals surface area contributed by atoms with Gasteiger partial charge in [0.2, 0.25) is 0 Å². The Morgan fingerprint density at radius 1 is 1.15 bits per heavy atom. The van der Waals surface area contributed by atoms with Gasteiger partial charge in [-0.15, -0.1) is 0 Å². The predicted molar refractivity (Wildman–Crippen MR) is 80.5 cm³/mol. The molecule has 0 bridgehead atoms. The van der Waals surface area contributed by atoms with Crippen LogP contribution in [0, 0.1) is 5.21 Å². The first-order valence-electron chi connectivity index (χ1n) is 6.65. The van der Waals surface area contributed by atoms with E-state index in [1.807, 2.05) is 50.2 Å². The van der Waals surface area contributed by atoms with Crippen molar-refractivity contribution >= 4 is 11.8 Å². The Morgan fingerprint density at radius 2 is 1.80 bits per heavy atom. The van der Waals surface area contributed by atoms with Gasteiger partial charge in [-0.05, 0) is 25.1 Å². The fourth-order valence-electron chi connectivity index (χ4n) is 2.82. The molecule has 1 aliphatic heterocycles. The van der Waals surface area contributed by atoms with E-state index in [-0.39, 0.29) is 16.9 Å². The number of fused-ring (bicyclic) bond motifs is 1. The third-order valence-corrected chi connectivity index (χ3v) is 5.40. The van der Waals surface area contributed by atoms with Crippen LogP contribution in [0.5, 0.6) is 5.75 Å². The molecule has 20 heavy (non-hydrogen) atoms. The van der Waals surface area contributed by atoms with Gasteiger partial charge in [0.1, 0.15) is 11.8 Å². The Labute approximate surface area is 122 Å². The lowest BCUT2D eigenvalue weighted by molar-refractivity contribution is -0.923. The van der Waals surface area contributed by atoms with E-state index in [9.17, 15) is 10.3 Å². The molecule has 0 fully saturated rings. The van der Waals surface area contributed by atoms with Crippen molar-refractivity contribution in [2.45, 2.75) is 29.7 Å². The number of quaternary nitrogens is 1. The van der Waals surface area contributed by atoms with Crippen LogP contribution in [-0.2, 0) is 4.87 Å². The van der Waals surface area contributed by atoms with Crippen molar-refractivity contribution in [3.63, 3.8) is 0 Å². The minimum Gasteiger partial charge on any atom is -0.633 e. The maximum atomic E-state index is 12.8. The summed E-state index contributed by atoms with van der Waals surface area (Å²) < 4.78 is 0. The molecule has 0 spiro atoms. The third-order valence-electron chi connectivity index (χ3n) is 3.98. The Balaban J connectivity index is 2.14. The summed E-state index contributed by atoms with van der Waals surface area (Å²) in [5.41, 5.74) is 1.77. The number of phenols is 1. The van der Waals surface area contributed by atoms with Gasteiger partial charge < -0.3 is 15.4 Å². The highest BCUT2D eigenvalue weighted by molar-refractivity contribution is 8.00. The highest BCUT2D eigenvalue weighted by Gasteiger charge is 2.44. The molecule has 3 unspecified atom stereocenters. The molecule has 3 rings (SSSR count). The molecule has 0 radical (unpaired) electrons. The maximum Gasteiger partial charge on any atom is 0.175 e. The maximum absolute atomic E-state index is 12.8. The van der Waals surface area contributed by atoms with Gasteiger partial charge in [-0.1, -0.05) is 42.1 Å². The van der Waals surface area contributed by atoms with Gasteiger partial charge in [0.05, 0.1) is 5.56 Å². The van der Waals surface area contributed by atoms with Crippen molar-refractivity contribution < 1.29 is 10.2 Å². The van der Waals surface area contributed by atoms with Crippen molar-refractivity contribution in [2.75, 3.05) is 0 Å². The van der Waals surface area contributed by atoms with Crippen LogP contribution in [0.1, 0.15) is 31.0 Å². The minimum absolute atomic E-state index is 0.141. The predicted octanol–water partition coefficient (Wildman–Crippen LogP) is 2.81. The van der Waals surface area contributed by atoms with Gasteiger partial charge in [-0.3, -0.25) is 0 Å². The van der Waals surface area contributed by atoms with Crippen LogP contribution in [0.3, 0.4) is 0 Å². The average molecular weight is 287 g/mol. The molecule has 0 amide bonds. The van der Waals surface area contributed by atoms with Gasteiger partial charge in [-0.2, -0.15) is 0 Å². The van der Waals surface area contributed by atoms with E-state index in [4.69, 9.17) is 0 Å². The van der Waals surface area contributed by atoms with Crippen molar-refractivity contribution in [1.29, 1.82) is 0 Å². The lowest BCUT2D eigenvalue weighted by Crippen LogP contribution is -3.14. The molecule has 0 aromatic heterocycles. The van der Waals surface area contributed by atoms with Gasteiger partial charge in [-0.25, -0.2) is 0 Å². The van der Waals surface area contributed by atoms with E-state index in [1.54, 1.807) is 12.1 Å². The smallest absolute Gasteiger partial charge is 0.175 e. The molecule has 4 heteroatoms. The van der Waals surface area contributed by atoms with Crippen LogP contribution in [0.15, 0.2) is 53.4 Å². The third kappa shape index (κ3) is 1.92. The van der Waals surface area contributed by atoms with Crippen LogP contribution in [0.4, 0.5) is 0 Å². The molecule has 0 saturated carbocycles. The minimum atomic E-state index is -0.737. The number of rotatable bonds is 1. The lowest BCUT2D eigenvalue weighted by atomic mass is 10.0. The van der Waals surface area contributed by atoms with Crippen LogP contribution >= 0.6 is 11.8 Å². The van der Waals surface area contributed by atoms with Crippen molar-refractivity contribution in [3.8, 4) is 5.75 Å². The summed E-state index contributed by atoms with van der Waals surface area (Å²) >= 11 is 1.53. The second-order valence-electron chi connectivity index (χ2n) is 5.28. The van der Waals surface area contributed by atoms with E-state index in [2.05, 4.69) is 0 Å². The van der Waals surface area contributed by atoms with Gasteiger partial charge in [0, 0.05) is 17.4 Å². The highest BCUT2D eigenvalue weighted by Crippen LogP contribution is 2.45. The summed E-state index contributed by atoms with van der Waals surface area (Å²) in [7, 11) is 0. The lowest BCUT2D eigenvalue weighted by Gasteiger charge is -2.48. The zero-order valence-electron chi connectivity index (χ0n) is 11.5. The van der Waals surface area contributed by atoms with Crippen LogP contribution in [-0.4, -0.2) is 5.11 Å². The van der Waals surface area contributed by atoms with Crippen molar-refractivity contribution in [3.05, 3.63) is 64.9 Å². The molecule has 2 aromatic carbocycles. The number of para-hydroxylation sites is 1. The highest BCUT2D eigenvalue weighted by atomic mass is 32.2. The molecule has 3 atom stereocenters. The normalized spacial score (nSPS) is 28.9. The molecular weight excluding hydrogens is 270 g/mol. The Bertz CT molecular complexity index is 646. The van der Waals surface area contributed by atoms with Gasteiger partial charge in [0.25, 0.3) is 0 Å². The van der Waals surface area contributed by atoms with E-state index in [0.717, 1.165) is 10.5 Å². The van der Waals surface area contributed by atoms with Crippen LogP contribution < -0.4 is 5.06 Å². The number of hydroxylamine groups is 2. The summed E-state index contributed by atoms with van der Waals surface area (Å²) in [6, 6.07) is 15.0. The van der Waals surface area contributed by atoms with E-state index < -0.39 is 4.87 Å². The number of hydrogen-bond acceptors (Lipinski definition) is 3. The fourth-order valence-corrected chi connectivity index (χ4v) is 4.33. The molecule has 0 saturated heterocycles. The fraction of sp³-hybridized carbons (Fsp3) is 0.250. The summed E-state index contributed by atoms with van der Waals surface area (Å²) in [6.07, 6.45) is 0. The van der Waals surface area contributed by atoms with Gasteiger partial charge in [0.15, 0.2) is 4.87 Å². The first-order valence-corrected chi connectivity index (χ1v) is 7.46. The van der Waals surface area contributed by atoms with E-state index in [1.165, 1.54) is 11.8 Å². The number of nitrogens with one attached hydrogen (secondary N) is 1. The molecule has 0 aliphatic carbocycles. The number of benzene rings is 2. The zero-order chi connectivity index (χ0) is 14.3. The first kappa shape index (κ1) is 13.5. The van der Waals surface area contributed by atoms with Crippen LogP contribution in [0.25, 0.3) is 0 Å². The molecule has 2 N–H and O–H groups in total.